The monoisotopic (exact) mass is 357 g/mol. The number of carboxylic acids is 1. The maximum absolute atomic E-state index is 10.2. The predicted octanol–water partition coefficient (Wildman–Crippen LogP) is 1.34. The minimum Gasteiger partial charge on any atom is -0.479 e. The van der Waals surface area contributed by atoms with Gasteiger partial charge in [0.25, 0.3) is 0 Å². The van der Waals surface area contributed by atoms with Gasteiger partial charge in [0.2, 0.25) is 0 Å². The molecule has 6 heteroatoms. The summed E-state index contributed by atoms with van der Waals surface area (Å²) in [5, 5.41) is 17.3. The minimum absolute atomic E-state index is 0. The Labute approximate surface area is 119 Å². The summed E-state index contributed by atoms with van der Waals surface area (Å²) < 4.78 is 5.29. The van der Waals surface area contributed by atoms with Crippen molar-refractivity contribution >= 4 is 42.2 Å². The zero-order valence-corrected chi connectivity index (χ0v) is 13.0. The van der Waals surface area contributed by atoms with Crippen LogP contribution in [0.25, 0.3) is 0 Å². The van der Waals surface area contributed by atoms with E-state index in [1.807, 2.05) is 0 Å². The van der Waals surface area contributed by atoms with E-state index in [4.69, 9.17) is 14.9 Å². The molecule has 0 aromatic carbocycles. The van der Waals surface area contributed by atoms with Crippen molar-refractivity contribution in [1.29, 1.82) is 0 Å². The van der Waals surface area contributed by atoms with Crippen LogP contribution in [0.1, 0.15) is 32.6 Å². The van der Waals surface area contributed by atoms with Crippen LogP contribution in [0.5, 0.6) is 0 Å². The normalized spacial score (nSPS) is 11.9. The largest absolute Gasteiger partial charge is 0.479 e. The molecule has 0 saturated heterocycles. The average molecular weight is 358 g/mol. The van der Waals surface area contributed by atoms with Crippen LogP contribution in [0.2, 0.25) is 0 Å². The van der Waals surface area contributed by atoms with Gasteiger partial charge < -0.3 is 14.9 Å². The fraction of sp³-hybridized carbons (Fsp3) is 0.900. The van der Waals surface area contributed by atoms with Crippen molar-refractivity contribution < 1.29 is 19.7 Å². The van der Waals surface area contributed by atoms with Gasteiger partial charge >= 0.3 is 5.97 Å². The second kappa shape index (κ2) is 13.6. The van der Waals surface area contributed by atoms with Gasteiger partial charge in [-0.1, -0.05) is 26.2 Å². The van der Waals surface area contributed by atoms with Crippen molar-refractivity contribution in [2.45, 2.75) is 38.0 Å². The number of carbonyl (C=O) groups is 1. The maximum Gasteiger partial charge on any atom is 0.343 e. The number of aliphatic hydroxyl groups excluding tert-OH is 1. The fourth-order valence-electron chi connectivity index (χ4n) is 1.02. The van der Waals surface area contributed by atoms with Crippen LogP contribution in [0.4, 0.5) is 0 Å². The molecular weight excluding hydrogens is 338 g/mol. The molecular formula is C10H20O4SSb. The standard InChI is InChI=1S/C10H20O4S.Sb/c1-2-3-4-5-6-14-7-8-15-10(13)9(11)12;/h10,13H,2-8H2,1H3,(H,11,12);. The molecule has 0 heterocycles. The number of unbranched alkanes of at least 4 members (excludes halogenated alkanes) is 3. The quantitative estimate of drug-likeness (QED) is 0.351. The maximum atomic E-state index is 10.2. The molecule has 0 aromatic heterocycles. The van der Waals surface area contributed by atoms with Gasteiger partial charge in [0, 0.05) is 36.8 Å². The van der Waals surface area contributed by atoms with Gasteiger partial charge in [0.15, 0.2) is 5.44 Å². The number of carboxylic acid groups (broad SMARTS) is 1. The first-order valence-electron chi connectivity index (χ1n) is 5.28. The molecule has 16 heavy (non-hydrogen) atoms. The average Bonchev–Trinajstić information content (AvgIpc) is 2.21. The van der Waals surface area contributed by atoms with E-state index in [0.717, 1.165) is 24.8 Å². The molecule has 0 bridgehead atoms. The molecule has 1 atom stereocenters. The van der Waals surface area contributed by atoms with Crippen molar-refractivity contribution in [2.75, 3.05) is 19.0 Å². The van der Waals surface area contributed by atoms with Gasteiger partial charge in [-0.2, -0.15) is 0 Å². The first-order valence-corrected chi connectivity index (χ1v) is 6.33. The van der Waals surface area contributed by atoms with Crippen LogP contribution < -0.4 is 0 Å². The molecule has 0 rings (SSSR count). The Bertz CT molecular complexity index is 169. The predicted molar refractivity (Wildman–Crippen MR) is 66.8 cm³/mol. The van der Waals surface area contributed by atoms with E-state index < -0.39 is 11.4 Å². The van der Waals surface area contributed by atoms with Gasteiger partial charge in [-0.25, -0.2) is 4.79 Å². The van der Waals surface area contributed by atoms with Crippen LogP contribution in [-0.2, 0) is 9.53 Å². The van der Waals surface area contributed by atoms with Crippen LogP contribution in [0.15, 0.2) is 0 Å². The zero-order valence-electron chi connectivity index (χ0n) is 9.59. The zero-order chi connectivity index (χ0) is 11.5. The number of aliphatic hydroxyl groups is 1. The molecule has 0 aromatic rings. The van der Waals surface area contributed by atoms with E-state index in [-0.39, 0.29) is 24.4 Å². The molecule has 2 N–H and O–H groups in total. The van der Waals surface area contributed by atoms with Crippen LogP contribution in [-0.4, -0.2) is 65.0 Å². The number of ether oxygens (including phenoxy) is 1. The Balaban J connectivity index is 0. The van der Waals surface area contributed by atoms with Gasteiger partial charge in [0.05, 0.1) is 6.61 Å². The molecule has 0 aliphatic heterocycles. The van der Waals surface area contributed by atoms with E-state index in [2.05, 4.69) is 6.92 Å². The fourth-order valence-corrected chi connectivity index (χ4v) is 1.60. The Morgan fingerprint density at radius 1 is 1.31 bits per heavy atom. The minimum atomic E-state index is -1.33. The summed E-state index contributed by atoms with van der Waals surface area (Å²) in [6.07, 6.45) is 4.68. The topological polar surface area (TPSA) is 66.8 Å². The summed E-state index contributed by atoms with van der Waals surface area (Å²) in [4.78, 5) is 10.2. The number of rotatable bonds is 10. The van der Waals surface area contributed by atoms with E-state index in [0.29, 0.717) is 12.4 Å². The smallest absolute Gasteiger partial charge is 0.343 e. The Morgan fingerprint density at radius 3 is 2.56 bits per heavy atom. The summed E-state index contributed by atoms with van der Waals surface area (Å²) in [5.74, 6) is -0.677. The molecule has 0 aliphatic carbocycles. The van der Waals surface area contributed by atoms with Crippen molar-refractivity contribution in [3.8, 4) is 0 Å². The molecule has 3 radical (unpaired) electrons. The molecule has 0 spiro atoms. The van der Waals surface area contributed by atoms with Crippen molar-refractivity contribution in [1.82, 2.24) is 0 Å². The first-order chi connectivity index (χ1) is 7.18. The van der Waals surface area contributed by atoms with Gasteiger partial charge in [0.1, 0.15) is 0 Å². The summed E-state index contributed by atoms with van der Waals surface area (Å²) in [6.45, 7) is 3.38. The number of hydrogen-bond donors (Lipinski definition) is 2. The van der Waals surface area contributed by atoms with Crippen molar-refractivity contribution in [3.05, 3.63) is 0 Å². The molecule has 95 valence electrons. The number of thioether (sulfide) groups is 1. The van der Waals surface area contributed by atoms with E-state index in [9.17, 15) is 4.79 Å². The van der Waals surface area contributed by atoms with Crippen LogP contribution >= 0.6 is 11.8 Å². The Hall–Kier alpha value is 0.558. The summed E-state index contributed by atoms with van der Waals surface area (Å²) in [7, 11) is 0. The Kier molecular flexibility index (Phi) is 16.1. The third-order valence-electron chi connectivity index (χ3n) is 1.86. The molecule has 0 saturated carbocycles. The summed E-state index contributed by atoms with van der Waals surface area (Å²) in [6, 6.07) is 0. The van der Waals surface area contributed by atoms with Gasteiger partial charge in [-0.05, 0) is 6.42 Å². The SMILES string of the molecule is CCCCCCOCCSC(O)C(=O)O.[Sb]. The molecule has 0 amide bonds. The van der Waals surface area contributed by atoms with E-state index in [1.54, 1.807) is 0 Å². The molecule has 1 unspecified atom stereocenters. The van der Waals surface area contributed by atoms with E-state index >= 15 is 0 Å². The summed E-state index contributed by atoms with van der Waals surface area (Å²) >= 11 is 0.984. The number of hydrogen-bond acceptors (Lipinski definition) is 4. The van der Waals surface area contributed by atoms with Crippen molar-refractivity contribution in [3.63, 3.8) is 0 Å². The third kappa shape index (κ3) is 12.6. The molecule has 0 fully saturated rings. The Morgan fingerprint density at radius 2 is 2.00 bits per heavy atom. The van der Waals surface area contributed by atoms with E-state index in [1.165, 1.54) is 19.3 Å². The second-order valence-electron chi connectivity index (χ2n) is 3.23. The molecule has 0 aliphatic rings. The van der Waals surface area contributed by atoms with Crippen LogP contribution in [0, 0.1) is 0 Å². The number of aliphatic carboxylic acids is 1. The van der Waals surface area contributed by atoms with Crippen molar-refractivity contribution in [2.24, 2.45) is 0 Å². The molecule has 4 nitrogen and oxygen atoms in total. The van der Waals surface area contributed by atoms with Gasteiger partial charge in [-0.3, -0.25) is 0 Å². The second-order valence-corrected chi connectivity index (χ2v) is 4.42. The van der Waals surface area contributed by atoms with Gasteiger partial charge in [-0.15, -0.1) is 11.8 Å². The van der Waals surface area contributed by atoms with Crippen LogP contribution in [0.3, 0.4) is 0 Å². The first kappa shape index (κ1) is 18.9. The summed E-state index contributed by atoms with van der Waals surface area (Å²) in [5.41, 5.74) is -1.33. The third-order valence-corrected chi connectivity index (χ3v) is 2.78.